The van der Waals surface area contributed by atoms with Crippen molar-refractivity contribution in [1.29, 1.82) is 0 Å². The molecule has 3 rings (SSSR count). The van der Waals surface area contributed by atoms with Crippen LogP contribution >= 0.6 is 11.6 Å². The number of halogens is 2. The maximum atomic E-state index is 13.4. The van der Waals surface area contributed by atoms with E-state index in [0.29, 0.717) is 12.3 Å². The van der Waals surface area contributed by atoms with Gasteiger partial charge in [-0.05, 0) is 49.2 Å². The van der Waals surface area contributed by atoms with Crippen molar-refractivity contribution in [2.45, 2.75) is 20.3 Å². The average Bonchev–Trinajstić information content (AvgIpc) is 2.79. The molecule has 1 heterocycles. The third-order valence-electron chi connectivity index (χ3n) is 3.67. The second-order valence-corrected chi connectivity index (χ2v) is 5.55. The fourth-order valence-corrected chi connectivity index (χ4v) is 2.85. The van der Waals surface area contributed by atoms with Crippen molar-refractivity contribution in [3.8, 4) is 5.69 Å². The van der Waals surface area contributed by atoms with Crippen LogP contribution in [0.5, 0.6) is 0 Å². The minimum atomic E-state index is -0.226. The van der Waals surface area contributed by atoms with Crippen LogP contribution in [0.4, 0.5) is 4.39 Å². The molecule has 0 unspecified atom stereocenters. The lowest BCUT2D eigenvalue weighted by Gasteiger charge is -2.12. The minimum absolute atomic E-state index is 0.226. The summed E-state index contributed by atoms with van der Waals surface area (Å²) in [5.74, 6) is 1.18. The summed E-state index contributed by atoms with van der Waals surface area (Å²) in [6.45, 7) is 3.95. The lowest BCUT2D eigenvalue weighted by molar-refractivity contribution is 0.626. The fourth-order valence-electron chi connectivity index (χ4n) is 2.68. The van der Waals surface area contributed by atoms with Crippen LogP contribution in [-0.4, -0.2) is 15.4 Å². The zero-order valence-corrected chi connectivity index (χ0v) is 12.8. The van der Waals surface area contributed by atoms with Gasteiger partial charge in [-0.3, -0.25) is 4.57 Å². The maximum Gasteiger partial charge on any atom is 0.123 e. The van der Waals surface area contributed by atoms with Crippen LogP contribution in [0.1, 0.15) is 17.0 Å². The van der Waals surface area contributed by atoms with Gasteiger partial charge in [0.05, 0.1) is 16.7 Å². The summed E-state index contributed by atoms with van der Waals surface area (Å²) in [4.78, 5) is 4.73. The predicted octanol–water partition coefficient (Wildman–Crippen LogP) is 4.56. The van der Waals surface area contributed by atoms with E-state index in [0.717, 1.165) is 33.7 Å². The molecule has 0 aliphatic heterocycles. The molecule has 108 valence electrons. The number of aromatic nitrogens is 2. The molecule has 21 heavy (non-hydrogen) atoms. The number of para-hydroxylation sites is 1. The van der Waals surface area contributed by atoms with Gasteiger partial charge in [-0.2, -0.15) is 0 Å². The molecular weight excluding hydrogens is 287 g/mol. The number of rotatable bonds is 3. The van der Waals surface area contributed by atoms with Gasteiger partial charge in [-0.1, -0.05) is 12.1 Å². The second kappa shape index (κ2) is 5.49. The van der Waals surface area contributed by atoms with Gasteiger partial charge in [-0.25, -0.2) is 9.37 Å². The molecule has 0 saturated carbocycles. The normalized spacial score (nSPS) is 11.2. The summed E-state index contributed by atoms with van der Waals surface area (Å²) in [5.41, 5.74) is 4.96. The molecule has 0 spiro atoms. The molecule has 0 aliphatic carbocycles. The molecular formula is C17H16ClFN2. The Morgan fingerprint density at radius 2 is 1.95 bits per heavy atom. The van der Waals surface area contributed by atoms with Crippen molar-refractivity contribution < 1.29 is 4.39 Å². The van der Waals surface area contributed by atoms with Gasteiger partial charge in [0.15, 0.2) is 0 Å². The SMILES string of the molecule is Cc1cc(F)ccc1-n1c(CCCl)nc2c(C)cccc21. The van der Waals surface area contributed by atoms with Crippen molar-refractivity contribution in [3.05, 3.63) is 59.2 Å². The number of alkyl halides is 1. The zero-order chi connectivity index (χ0) is 15.0. The third kappa shape index (κ3) is 2.42. The molecule has 1 aromatic heterocycles. The summed E-state index contributed by atoms with van der Waals surface area (Å²) in [7, 11) is 0. The Morgan fingerprint density at radius 3 is 2.67 bits per heavy atom. The van der Waals surface area contributed by atoms with E-state index in [4.69, 9.17) is 16.6 Å². The van der Waals surface area contributed by atoms with E-state index >= 15 is 0 Å². The van der Waals surface area contributed by atoms with E-state index in [1.54, 1.807) is 12.1 Å². The maximum absolute atomic E-state index is 13.4. The summed E-state index contributed by atoms with van der Waals surface area (Å²) in [6.07, 6.45) is 0.673. The van der Waals surface area contributed by atoms with Gasteiger partial charge in [-0.15, -0.1) is 11.6 Å². The second-order valence-electron chi connectivity index (χ2n) is 5.18. The van der Waals surface area contributed by atoms with Gasteiger partial charge < -0.3 is 0 Å². The number of benzene rings is 2. The van der Waals surface area contributed by atoms with E-state index in [-0.39, 0.29) is 5.82 Å². The molecule has 0 aliphatic rings. The Bertz CT molecular complexity index is 808. The van der Waals surface area contributed by atoms with Crippen molar-refractivity contribution in [1.82, 2.24) is 9.55 Å². The number of fused-ring (bicyclic) bond motifs is 1. The molecule has 0 atom stereocenters. The van der Waals surface area contributed by atoms with Crippen molar-refractivity contribution >= 4 is 22.6 Å². The highest BCUT2D eigenvalue weighted by Crippen LogP contribution is 2.26. The molecule has 2 aromatic carbocycles. The van der Waals surface area contributed by atoms with Crippen LogP contribution in [0, 0.1) is 19.7 Å². The molecule has 0 N–H and O–H groups in total. The smallest absolute Gasteiger partial charge is 0.123 e. The Hall–Kier alpha value is -1.87. The highest BCUT2D eigenvalue weighted by molar-refractivity contribution is 6.17. The van der Waals surface area contributed by atoms with Crippen molar-refractivity contribution in [2.24, 2.45) is 0 Å². The molecule has 0 bridgehead atoms. The van der Waals surface area contributed by atoms with Crippen LogP contribution < -0.4 is 0 Å². The number of hydrogen-bond acceptors (Lipinski definition) is 1. The molecule has 0 fully saturated rings. The van der Waals surface area contributed by atoms with E-state index in [1.165, 1.54) is 6.07 Å². The van der Waals surface area contributed by atoms with E-state index in [2.05, 4.69) is 4.57 Å². The van der Waals surface area contributed by atoms with Crippen LogP contribution in [0.3, 0.4) is 0 Å². The molecule has 0 amide bonds. The number of aryl methyl sites for hydroxylation is 3. The van der Waals surface area contributed by atoms with Gasteiger partial charge in [0.1, 0.15) is 11.6 Å². The van der Waals surface area contributed by atoms with E-state index < -0.39 is 0 Å². The largest absolute Gasteiger partial charge is 0.296 e. The molecule has 3 aromatic rings. The summed E-state index contributed by atoms with van der Waals surface area (Å²) >= 11 is 5.91. The molecule has 4 heteroatoms. The van der Waals surface area contributed by atoms with Crippen LogP contribution in [0.2, 0.25) is 0 Å². The third-order valence-corrected chi connectivity index (χ3v) is 3.86. The molecule has 0 radical (unpaired) electrons. The first-order valence-corrected chi connectivity index (χ1v) is 7.44. The highest BCUT2D eigenvalue weighted by atomic mass is 35.5. The predicted molar refractivity (Wildman–Crippen MR) is 84.9 cm³/mol. The lowest BCUT2D eigenvalue weighted by Crippen LogP contribution is -2.04. The van der Waals surface area contributed by atoms with Gasteiger partial charge in [0.2, 0.25) is 0 Å². The standard InChI is InChI=1S/C17H16ClFN2/c1-11-4-3-5-15-17(11)20-16(8-9-18)21(15)14-7-6-13(19)10-12(14)2/h3-7,10H,8-9H2,1-2H3. The molecule has 0 saturated heterocycles. The minimum Gasteiger partial charge on any atom is -0.296 e. The summed E-state index contributed by atoms with van der Waals surface area (Å²) < 4.78 is 15.5. The first kappa shape index (κ1) is 14.1. The summed E-state index contributed by atoms with van der Waals surface area (Å²) in [5, 5.41) is 0. The lowest BCUT2D eigenvalue weighted by atomic mass is 10.1. The quantitative estimate of drug-likeness (QED) is 0.648. The highest BCUT2D eigenvalue weighted by Gasteiger charge is 2.15. The number of imidazole rings is 1. The van der Waals surface area contributed by atoms with Gasteiger partial charge in [0, 0.05) is 12.3 Å². The Balaban J connectivity index is 2.33. The zero-order valence-electron chi connectivity index (χ0n) is 12.0. The van der Waals surface area contributed by atoms with Gasteiger partial charge >= 0.3 is 0 Å². The Kier molecular flexibility index (Phi) is 3.68. The van der Waals surface area contributed by atoms with Crippen LogP contribution in [-0.2, 0) is 6.42 Å². The van der Waals surface area contributed by atoms with E-state index in [9.17, 15) is 4.39 Å². The molecule has 2 nitrogen and oxygen atoms in total. The van der Waals surface area contributed by atoms with Crippen molar-refractivity contribution in [3.63, 3.8) is 0 Å². The first-order chi connectivity index (χ1) is 10.1. The Morgan fingerprint density at radius 1 is 1.14 bits per heavy atom. The topological polar surface area (TPSA) is 17.8 Å². The first-order valence-electron chi connectivity index (χ1n) is 6.91. The fraction of sp³-hybridized carbons (Fsp3) is 0.235. The average molecular weight is 303 g/mol. The van der Waals surface area contributed by atoms with Crippen LogP contribution in [0.15, 0.2) is 36.4 Å². The summed E-state index contributed by atoms with van der Waals surface area (Å²) in [6, 6.07) is 10.9. The number of hydrogen-bond donors (Lipinski definition) is 0. The Labute approximate surface area is 128 Å². The monoisotopic (exact) mass is 302 g/mol. The van der Waals surface area contributed by atoms with Crippen molar-refractivity contribution in [2.75, 3.05) is 5.88 Å². The van der Waals surface area contributed by atoms with Gasteiger partial charge in [0.25, 0.3) is 0 Å². The van der Waals surface area contributed by atoms with Crippen LogP contribution in [0.25, 0.3) is 16.7 Å². The number of nitrogens with zero attached hydrogens (tertiary/aromatic N) is 2. The van der Waals surface area contributed by atoms with E-state index in [1.807, 2.05) is 32.0 Å².